The lowest BCUT2D eigenvalue weighted by molar-refractivity contribution is 0.192. The molecule has 3 nitrogen and oxygen atoms in total. The Kier molecular flexibility index (Phi) is 5.63. The number of sulfone groups is 1. The van der Waals surface area contributed by atoms with Gasteiger partial charge in [-0.2, -0.15) is 0 Å². The van der Waals surface area contributed by atoms with Crippen molar-refractivity contribution in [2.75, 3.05) is 19.0 Å². The van der Waals surface area contributed by atoms with Gasteiger partial charge in [-0.3, -0.25) is 0 Å². The van der Waals surface area contributed by atoms with Gasteiger partial charge in [-0.05, 0) is 19.1 Å². The largest absolute Gasteiger partial charge is 0.364 e. The molecule has 0 atom stereocenters. The summed E-state index contributed by atoms with van der Waals surface area (Å²) >= 11 is 0. The first kappa shape index (κ1) is 14.5. The zero-order valence-electron chi connectivity index (χ0n) is 10.3. The zero-order valence-corrected chi connectivity index (χ0v) is 11.2. The number of benzene rings is 1. The van der Waals surface area contributed by atoms with Gasteiger partial charge in [0, 0.05) is 0 Å². The molecule has 0 aromatic heterocycles. The molecule has 0 aliphatic carbocycles. The summed E-state index contributed by atoms with van der Waals surface area (Å²) in [6, 6.07) is 8.28. The van der Waals surface area contributed by atoms with E-state index in [0.717, 1.165) is 5.57 Å². The summed E-state index contributed by atoms with van der Waals surface area (Å²) in [5.41, 5.74) is 0.911. The quantitative estimate of drug-likeness (QED) is 0.464. The van der Waals surface area contributed by atoms with E-state index in [9.17, 15) is 8.42 Å². The molecule has 1 aromatic rings. The SMILES string of the molecule is C=C(C)COCC#CCS(=O)(=O)c1ccccc1. The van der Waals surface area contributed by atoms with Gasteiger partial charge in [0.1, 0.15) is 12.4 Å². The lowest BCUT2D eigenvalue weighted by Gasteiger charge is -1.99. The number of ether oxygens (including phenoxy) is 1. The molecule has 96 valence electrons. The monoisotopic (exact) mass is 264 g/mol. The van der Waals surface area contributed by atoms with Crippen molar-refractivity contribution in [1.82, 2.24) is 0 Å². The lowest BCUT2D eigenvalue weighted by atomic mass is 10.4. The highest BCUT2D eigenvalue weighted by Crippen LogP contribution is 2.08. The van der Waals surface area contributed by atoms with Crippen molar-refractivity contribution < 1.29 is 13.2 Å². The van der Waals surface area contributed by atoms with Gasteiger partial charge in [0.15, 0.2) is 9.84 Å². The van der Waals surface area contributed by atoms with Crippen LogP contribution in [0.15, 0.2) is 47.4 Å². The molecule has 0 amide bonds. The van der Waals surface area contributed by atoms with Crippen LogP contribution in [0.1, 0.15) is 6.92 Å². The van der Waals surface area contributed by atoms with Crippen LogP contribution in [0.3, 0.4) is 0 Å². The van der Waals surface area contributed by atoms with Crippen LogP contribution in [0.4, 0.5) is 0 Å². The highest BCUT2D eigenvalue weighted by molar-refractivity contribution is 7.91. The predicted octanol–water partition coefficient (Wildman–Crippen LogP) is 2.06. The Morgan fingerprint density at radius 2 is 1.94 bits per heavy atom. The van der Waals surface area contributed by atoms with E-state index in [2.05, 4.69) is 18.4 Å². The molecular formula is C14H16O3S. The van der Waals surface area contributed by atoms with Crippen molar-refractivity contribution in [3.05, 3.63) is 42.5 Å². The molecule has 0 saturated carbocycles. The molecule has 0 bridgehead atoms. The van der Waals surface area contributed by atoms with E-state index in [1.165, 1.54) is 0 Å². The maximum Gasteiger partial charge on any atom is 0.189 e. The summed E-state index contributed by atoms with van der Waals surface area (Å²) in [5.74, 6) is 5.09. The van der Waals surface area contributed by atoms with Gasteiger partial charge in [-0.25, -0.2) is 8.42 Å². The molecule has 0 radical (unpaired) electrons. The van der Waals surface area contributed by atoms with Crippen molar-refractivity contribution in [2.24, 2.45) is 0 Å². The van der Waals surface area contributed by atoms with E-state index >= 15 is 0 Å². The van der Waals surface area contributed by atoms with E-state index in [4.69, 9.17) is 4.74 Å². The van der Waals surface area contributed by atoms with Gasteiger partial charge in [0.25, 0.3) is 0 Å². The number of hydrogen-bond donors (Lipinski definition) is 0. The molecule has 4 heteroatoms. The first-order valence-electron chi connectivity index (χ1n) is 5.48. The van der Waals surface area contributed by atoms with Gasteiger partial charge in [-0.15, -0.1) is 0 Å². The zero-order chi connectivity index (χ0) is 13.4. The van der Waals surface area contributed by atoms with Crippen molar-refractivity contribution >= 4 is 9.84 Å². The van der Waals surface area contributed by atoms with Crippen LogP contribution >= 0.6 is 0 Å². The van der Waals surface area contributed by atoms with Gasteiger partial charge < -0.3 is 4.74 Å². The van der Waals surface area contributed by atoms with Gasteiger partial charge >= 0.3 is 0 Å². The second kappa shape index (κ2) is 7.00. The predicted molar refractivity (Wildman–Crippen MR) is 71.9 cm³/mol. The number of rotatable bonds is 5. The van der Waals surface area contributed by atoms with E-state index in [1.807, 2.05) is 6.92 Å². The third-order valence-electron chi connectivity index (χ3n) is 2.01. The minimum absolute atomic E-state index is 0.187. The van der Waals surface area contributed by atoms with Gasteiger partial charge in [-0.1, -0.05) is 42.2 Å². The van der Waals surface area contributed by atoms with E-state index in [0.29, 0.717) is 11.5 Å². The minimum atomic E-state index is -3.31. The minimum Gasteiger partial charge on any atom is -0.364 e. The first-order chi connectivity index (χ1) is 8.52. The Balaban J connectivity index is 2.48. The molecule has 0 N–H and O–H groups in total. The summed E-state index contributed by atoms with van der Waals surface area (Å²) in [5, 5.41) is 0. The Morgan fingerprint density at radius 1 is 1.28 bits per heavy atom. The molecule has 0 unspecified atom stereocenters. The van der Waals surface area contributed by atoms with Crippen molar-refractivity contribution in [1.29, 1.82) is 0 Å². The standard InChI is InChI=1S/C14H16O3S/c1-13(2)12-17-10-6-7-11-18(15,16)14-8-4-3-5-9-14/h3-5,8-9H,1,10-12H2,2H3. The van der Waals surface area contributed by atoms with Crippen LogP contribution in [0.25, 0.3) is 0 Å². The topological polar surface area (TPSA) is 43.4 Å². The van der Waals surface area contributed by atoms with Crippen molar-refractivity contribution in [3.8, 4) is 11.8 Å². The van der Waals surface area contributed by atoms with Crippen LogP contribution in [0.5, 0.6) is 0 Å². The molecule has 0 fully saturated rings. The Hall–Kier alpha value is -1.57. The highest BCUT2D eigenvalue weighted by Gasteiger charge is 2.10. The molecule has 0 aliphatic heterocycles. The summed E-state index contributed by atoms with van der Waals surface area (Å²) in [6.07, 6.45) is 0. The van der Waals surface area contributed by atoms with Crippen LogP contribution in [0, 0.1) is 11.8 Å². The van der Waals surface area contributed by atoms with Crippen molar-refractivity contribution in [3.63, 3.8) is 0 Å². The molecule has 1 aromatic carbocycles. The molecule has 18 heavy (non-hydrogen) atoms. The first-order valence-corrected chi connectivity index (χ1v) is 7.13. The average Bonchev–Trinajstić information content (AvgIpc) is 2.34. The third kappa shape index (κ3) is 5.17. The van der Waals surface area contributed by atoms with E-state index in [1.54, 1.807) is 30.3 Å². The third-order valence-corrected chi connectivity index (χ3v) is 3.53. The summed E-state index contributed by atoms with van der Waals surface area (Å²) in [6.45, 7) is 6.20. The fourth-order valence-electron chi connectivity index (χ4n) is 1.18. The second-order valence-electron chi connectivity index (χ2n) is 3.88. The van der Waals surface area contributed by atoms with E-state index < -0.39 is 9.84 Å². The van der Waals surface area contributed by atoms with Gasteiger partial charge in [0.2, 0.25) is 0 Å². The Bertz CT molecular complexity index is 548. The van der Waals surface area contributed by atoms with Crippen LogP contribution < -0.4 is 0 Å². The molecular weight excluding hydrogens is 248 g/mol. The average molecular weight is 264 g/mol. The summed E-state index contributed by atoms with van der Waals surface area (Å²) in [7, 11) is -3.31. The fraction of sp³-hybridized carbons (Fsp3) is 0.286. The maximum atomic E-state index is 11.8. The van der Waals surface area contributed by atoms with Crippen LogP contribution in [-0.2, 0) is 14.6 Å². The smallest absolute Gasteiger partial charge is 0.189 e. The van der Waals surface area contributed by atoms with Gasteiger partial charge in [0.05, 0.1) is 11.5 Å². The lowest BCUT2D eigenvalue weighted by Crippen LogP contribution is -2.05. The molecule has 0 aliphatic rings. The van der Waals surface area contributed by atoms with Crippen LogP contribution in [-0.4, -0.2) is 27.4 Å². The summed E-state index contributed by atoms with van der Waals surface area (Å²) < 4.78 is 28.8. The molecule has 0 saturated heterocycles. The molecule has 0 heterocycles. The second-order valence-corrected chi connectivity index (χ2v) is 5.87. The maximum absolute atomic E-state index is 11.8. The molecule has 0 spiro atoms. The Morgan fingerprint density at radius 3 is 2.56 bits per heavy atom. The number of hydrogen-bond acceptors (Lipinski definition) is 3. The normalized spacial score (nSPS) is 10.5. The molecule has 1 rings (SSSR count). The highest BCUT2D eigenvalue weighted by atomic mass is 32.2. The van der Waals surface area contributed by atoms with E-state index in [-0.39, 0.29) is 12.4 Å². The Labute approximate surface area is 108 Å². The summed E-state index contributed by atoms with van der Waals surface area (Å²) in [4.78, 5) is 0.294. The van der Waals surface area contributed by atoms with Crippen LogP contribution in [0.2, 0.25) is 0 Å². The fourth-order valence-corrected chi connectivity index (χ4v) is 2.22. The van der Waals surface area contributed by atoms with Crippen molar-refractivity contribution in [2.45, 2.75) is 11.8 Å².